The highest BCUT2D eigenvalue weighted by atomic mass is 16.3. The number of aliphatic imine (C=N–C) groups is 1. The van der Waals surface area contributed by atoms with Gasteiger partial charge in [-0.05, 0) is 32.9 Å². The summed E-state index contributed by atoms with van der Waals surface area (Å²) in [6.45, 7) is 6.28. The fraction of sp³-hybridized carbons (Fsp3) is 0.417. The van der Waals surface area contributed by atoms with Gasteiger partial charge in [0.2, 0.25) is 0 Å². The van der Waals surface area contributed by atoms with Crippen molar-refractivity contribution < 1.29 is 5.11 Å². The second kappa shape index (κ2) is 4.45. The third-order valence-corrected chi connectivity index (χ3v) is 2.02. The minimum absolute atomic E-state index is 0.258. The average molecular weight is 206 g/mol. The van der Waals surface area contributed by atoms with Crippen LogP contribution in [-0.4, -0.2) is 22.9 Å². The van der Waals surface area contributed by atoms with Gasteiger partial charge in [-0.2, -0.15) is 0 Å². The summed E-state index contributed by atoms with van der Waals surface area (Å²) in [5, 5.41) is 9.60. The Morgan fingerprint density at radius 2 is 2.00 bits per heavy atom. The van der Waals surface area contributed by atoms with Gasteiger partial charge in [-0.15, -0.1) is 0 Å². The molecule has 0 saturated heterocycles. The fourth-order valence-corrected chi connectivity index (χ4v) is 1.19. The maximum absolute atomic E-state index is 9.60. The molecular weight excluding hydrogens is 188 g/mol. The minimum atomic E-state index is -0.314. The molecule has 1 aromatic carbocycles. The molecular formula is C12H18N2O. The van der Waals surface area contributed by atoms with Crippen LogP contribution in [0.25, 0.3) is 0 Å². The number of para-hydroxylation sites is 1. The van der Waals surface area contributed by atoms with Crippen LogP contribution in [0, 0.1) is 0 Å². The molecule has 0 saturated carbocycles. The van der Waals surface area contributed by atoms with Crippen molar-refractivity contribution in [3.05, 3.63) is 29.8 Å². The average Bonchev–Trinajstić information content (AvgIpc) is 2.14. The molecule has 0 spiro atoms. The van der Waals surface area contributed by atoms with Crippen molar-refractivity contribution in [2.75, 3.05) is 6.54 Å². The molecule has 0 bridgehead atoms. The number of phenols is 1. The van der Waals surface area contributed by atoms with E-state index in [2.05, 4.69) is 4.99 Å². The Bertz CT molecular complexity index is 364. The smallest absolute Gasteiger partial charge is 0.124 e. The van der Waals surface area contributed by atoms with Gasteiger partial charge in [-0.1, -0.05) is 12.1 Å². The molecule has 0 atom stereocenters. The Kier molecular flexibility index (Phi) is 3.48. The summed E-state index contributed by atoms with van der Waals surface area (Å²) in [6, 6.07) is 7.17. The largest absolute Gasteiger partial charge is 0.507 e. The fourth-order valence-electron chi connectivity index (χ4n) is 1.19. The number of rotatable bonds is 3. The number of aromatic hydroxyl groups is 1. The number of hydrogen-bond acceptors (Lipinski definition) is 3. The minimum Gasteiger partial charge on any atom is -0.507 e. The lowest BCUT2D eigenvalue weighted by molar-refractivity contribution is 0.474. The van der Waals surface area contributed by atoms with Gasteiger partial charge in [0.15, 0.2) is 0 Å². The van der Waals surface area contributed by atoms with Crippen molar-refractivity contribution in [3.63, 3.8) is 0 Å². The highest BCUT2D eigenvalue weighted by Gasteiger charge is 2.10. The van der Waals surface area contributed by atoms with E-state index < -0.39 is 0 Å². The van der Waals surface area contributed by atoms with Crippen molar-refractivity contribution >= 4 is 5.71 Å². The normalized spacial score (nSPS) is 12.9. The zero-order valence-corrected chi connectivity index (χ0v) is 9.49. The Labute approximate surface area is 90.7 Å². The molecule has 3 nitrogen and oxygen atoms in total. The molecule has 3 N–H and O–H groups in total. The van der Waals surface area contributed by atoms with Gasteiger partial charge in [-0.3, -0.25) is 4.99 Å². The van der Waals surface area contributed by atoms with Gasteiger partial charge in [0, 0.05) is 16.8 Å². The van der Waals surface area contributed by atoms with Crippen LogP contribution in [0.1, 0.15) is 26.3 Å². The van der Waals surface area contributed by atoms with Crippen LogP contribution >= 0.6 is 0 Å². The van der Waals surface area contributed by atoms with Gasteiger partial charge in [0.05, 0.1) is 6.54 Å². The Balaban J connectivity index is 2.85. The third-order valence-electron chi connectivity index (χ3n) is 2.02. The van der Waals surface area contributed by atoms with E-state index in [1.54, 1.807) is 12.1 Å². The summed E-state index contributed by atoms with van der Waals surface area (Å²) < 4.78 is 0. The van der Waals surface area contributed by atoms with Gasteiger partial charge in [0.1, 0.15) is 5.75 Å². The Hall–Kier alpha value is -1.35. The molecule has 0 aliphatic carbocycles. The topological polar surface area (TPSA) is 58.6 Å². The van der Waals surface area contributed by atoms with E-state index in [1.165, 1.54) is 0 Å². The van der Waals surface area contributed by atoms with Crippen molar-refractivity contribution in [2.24, 2.45) is 10.7 Å². The molecule has 0 unspecified atom stereocenters. The molecule has 1 rings (SSSR count). The second-order valence-electron chi connectivity index (χ2n) is 4.41. The van der Waals surface area contributed by atoms with E-state index in [1.807, 2.05) is 32.9 Å². The first kappa shape index (κ1) is 11.7. The number of benzene rings is 1. The zero-order valence-electron chi connectivity index (χ0n) is 9.49. The summed E-state index contributed by atoms with van der Waals surface area (Å²) in [5.41, 5.74) is 7.09. The summed E-state index contributed by atoms with van der Waals surface area (Å²) in [4.78, 5) is 4.36. The van der Waals surface area contributed by atoms with Crippen molar-refractivity contribution in [2.45, 2.75) is 26.3 Å². The molecule has 0 heterocycles. The third kappa shape index (κ3) is 3.72. The highest BCUT2D eigenvalue weighted by molar-refractivity contribution is 6.00. The molecule has 0 aliphatic heterocycles. The molecule has 1 aromatic rings. The Morgan fingerprint density at radius 1 is 1.40 bits per heavy atom. The van der Waals surface area contributed by atoms with Crippen LogP contribution in [-0.2, 0) is 0 Å². The van der Waals surface area contributed by atoms with Crippen molar-refractivity contribution in [1.29, 1.82) is 0 Å². The summed E-state index contributed by atoms with van der Waals surface area (Å²) in [7, 11) is 0. The quantitative estimate of drug-likeness (QED) is 0.742. The SMILES string of the molecule is CC(=NCC(C)(C)N)c1ccccc1O. The number of nitrogens with zero attached hydrogens (tertiary/aromatic N) is 1. The van der Waals surface area contributed by atoms with Crippen molar-refractivity contribution in [1.82, 2.24) is 0 Å². The maximum Gasteiger partial charge on any atom is 0.124 e. The molecule has 82 valence electrons. The molecule has 0 amide bonds. The van der Waals surface area contributed by atoms with E-state index in [4.69, 9.17) is 5.73 Å². The zero-order chi connectivity index (χ0) is 11.5. The predicted octanol–water partition coefficient (Wildman–Crippen LogP) is 1.94. The lowest BCUT2D eigenvalue weighted by Gasteiger charge is -2.15. The number of hydrogen-bond donors (Lipinski definition) is 2. The second-order valence-corrected chi connectivity index (χ2v) is 4.41. The first-order valence-electron chi connectivity index (χ1n) is 4.98. The summed E-state index contributed by atoms with van der Waals surface area (Å²) in [6.07, 6.45) is 0. The van der Waals surface area contributed by atoms with Crippen LogP contribution in [0.2, 0.25) is 0 Å². The monoisotopic (exact) mass is 206 g/mol. The summed E-state index contributed by atoms with van der Waals surface area (Å²) >= 11 is 0. The number of nitrogens with two attached hydrogens (primary N) is 1. The van der Waals surface area contributed by atoms with Crippen LogP contribution in [0.3, 0.4) is 0 Å². The highest BCUT2D eigenvalue weighted by Crippen LogP contribution is 2.16. The van der Waals surface area contributed by atoms with Gasteiger partial charge >= 0.3 is 0 Å². The number of phenolic OH excluding ortho intramolecular Hbond substituents is 1. The van der Waals surface area contributed by atoms with Crippen LogP contribution in [0.4, 0.5) is 0 Å². The van der Waals surface area contributed by atoms with Crippen molar-refractivity contribution in [3.8, 4) is 5.75 Å². The predicted molar refractivity (Wildman–Crippen MR) is 63.5 cm³/mol. The summed E-state index contributed by atoms with van der Waals surface area (Å²) in [5.74, 6) is 0.258. The van der Waals surface area contributed by atoms with E-state index in [-0.39, 0.29) is 11.3 Å². The lowest BCUT2D eigenvalue weighted by Crippen LogP contribution is -2.35. The van der Waals surface area contributed by atoms with Crippen LogP contribution in [0.15, 0.2) is 29.3 Å². The van der Waals surface area contributed by atoms with Crippen LogP contribution < -0.4 is 5.73 Å². The molecule has 0 aromatic heterocycles. The van der Waals surface area contributed by atoms with E-state index >= 15 is 0 Å². The van der Waals surface area contributed by atoms with E-state index in [0.29, 0.717) is 6.54 Å². The molecule has 0 fully saturated rings. The van der Waals surface area contributed by atoms with E-state index in [0.717, 1.165) is 11.3 Å². The van der Waals surface area contributed by atoms with Gasteiger partial charge < -0.3 is 10.8 Å². The van der Waals surface area contributed by atoms with E-state index in [9.17, 15) is 5.11 Å². The van der Waals surface area contributed by atoms with Crippen LogP contribution in [0.5, 0.6) is 5.75 Å². The first-order chi connectivity index (χ1) is 6.90. The lowest BCUT2D eigenvalue weighted by atomic mass is 10.1. The van der Waals surface area contributed by atoms with Gasteiger partial charge in [-0.25, -0.2) is 0 Å². The molecule has 0 aliphatic rings. The maximum atomic E-state index is 9.60. The Morgan fingerprint density at radius 3 is 2.53 bits per heavy atom. The van der Waals surface area contributed by atoms with Gasteiger partial charge in [0.25, 0.3) is 0 Å². The molecule has 3 heteroatoms. The first-order valence-corrected chi connectivity index (χ1v) is 4.98. The standard InChI is InChI=1S/C12H18N2O/c1-9(14-8-12(2,3)13)10-6-4-5-7-11(10)15/h4-7,15H,8,13H2,1-3H3. The molecule has 15 heavy (non-hydrogen) atoms. The molecule has 0 radical (unpaired) electrons.